The fourth-order valence-corrected chi connectivity index (χ4v) is 3.73. The topological polar surface area (TPSA) is 61.4 Å². The van der Waals surface area contributed by atoms with Gasteiger partial charge in [-0.1, -0.05) is 6.92 Å². The van der Waals surface area contributed by atoms with E-state index in [4.69, 9.17) is 0 Å². The summed E-state index contributed by atoms with van der Waals surface area (Å²) >= 11 is 0. The molecule has 6 nitrogen and oxygen atoms in total. The minimum Gasteiger partial charge on any atom is -0.354 e. The van der Waals surface area contributed by atoms with E-state index in [1.165, 1.54) is 19.4 Å². The average Bonchev–Trinajstić information content (AvgIpc) is 3.08. The highest BCUT2D eigenvalue weighted by molar-refractivity contribution is 5.79. The fourth-order valence-electron chi connectivity index (χ4n) is 3.73. The molecule has 1 N–H and O–H groups in total. The highest BCUT2D eigenvalue weighted by Gasteiger charge is 2.28. The molecule has 3 rings (SSSR count). The third-order valence-corrected chi connectivity index (χ3v) is 5.04. The molecule has 0 radical (unpaired) electrons. The van der Waals surface area contributed by atoms with E-state index < -0.39 is 0 Å². The van der Waals surface area contributed by atoms with Crippen LogP contribution in [-0.4, -0.2) is 59.5 Å². The Hall–Kier alpha value is -1.69. The molecule has 126 valence electrons. The van der Waals surface area contributed by atoms with E-state index in [1.54, 1.807) is 12.4 Å². The summed E-state index contributed by atoms with van der Waals surface area (Å²) in [5, 5.41) is 3.18. The van der Waals surface area contributed by atoms with Crippen molar-refractivity contribution in [2.75, 3.05) is 37.6 Å². The number of anilines is 1. The molecular formula is C17H27N5O. The van der Waals surface area contributed by atoms with Crippen LogP contribution in [-0.2, 0) is 4.79 Å². The molecule has 0 spiro atoms. The molecule has 0 aromatic carbocycles. The van der Waals surface area contributed by atoms with Crippen LogP contribution in [0.1, 0.15) is 32.6 Å². The van der Waals surface area contributed by atoms with Crippen molar-refractivity contribution in [1.29, 1.82) is 0 Å². The van der Waals surface area contributed by atoms with Crippen LogP contribution in [0.3, 0.4) is 0 Å². The van der Waals surface area contributed by atoms with Crippen LogP contribution in [0.15, 0.2) is 18.5 Å². The van der Waals surface area contributed by atoms with Crippen molar-refractivity contribution < 1.29 is 4.79 Å². The Bertz CT molecular complexity index is 509. The molecule has 3 heterocycles. The van der Waals surface area contributed by atoms with Gasteiger partial charge in [0.15, 0.2) is 0 Å². The van der Waals surface area contributed by atoms with Crippen molar-refractivity contribution in [2.45, 2.75) is 38.6 Å². The molecule has 0 aliphatic carbocycles. The molecule has 2 fully saturated rings. The first-order chi connectivity index (χ1) is 11.3. The minimum absolute atomic E-state index is 0.0454. The highest BCUT2D eigenvalue weighted by Crippen LogP contribution is 2.21. The number of likely N-dealkylation sites (N-methyl/N-ethyl adjacent to an activating group) is 1. The zero-order chi connectivity index (χ0) is 16.1. The number of piperidine rings is 1. The van der Waals surface area contributed by atoms with Crippen LogP contribution in [0, 0.1) is 5.92 Å². The summed E-state index contributed by atoms with van der Waals surface area (Å²) in [5.41, 5.74) is 0. The second-order valence-electron chi connectivity index (χ2n) is 6.50. The second-order valence-corrected chi connectivity index (χ2v) is 6.50. The van der Waals surface area contributed by atoms with Crippen LogP contribution in [0.4, 0.5) is 5.95 Å². The van der Waals surface area contributed by atoms with Gasteiger partial charge in [0, 0.05) is 38.1 Å². The summed E-state index contributed by atoms with van der Waals surface area (Å²) in [7, 11) is 0. The van der Waals surface area contributed by atoms with E-state index in [9.17, 15) is 4.79 Å². The van der Waals surface area contributed by atoms with Crippen LogP contribution in [0.5, 0.6) is 0 Å². The van der Waals surface area contributed by atoms with Gasteiger partial charge in [-0.3, -0.25) is 9.69 Å². The number of carbonyl (C=O) groups excluding carboxylic acids is 1. The molecule has 0 bridgehead atoms. The first-order valence-electron chi connectivity index (χ1n) is 8.81. The maximum absolute atomic E-state index is 12.5. The number of nitrogens with one attached hydrogen (secondary N) is 1. The van der Waals surface area contributed by atoms with E-state index in [0.29, 0.717) is 6.04 Å². The van der Waals surface area contributed by atoms with Gasteiger partial charge in [-0.2, -0.15) is 0 Å². The van der Waals surface area contributed by atoms with Gasteiger partial charge in [0.05, 0.1) is 5.92 Å². The summed E-state index contributed by atoms with van der Waals surface area (Å²) < 4.78 is 0. The van der Waals surface area contributed by atoms with E-state index >= 15 is 0 Å². The van der Waals surface area contributed by atoms with Crippen molar-refractivity contribution in [2.24, 2.45) is 5.92 Å². The summed E-state index contributed by atoms with van der Waals surface area (Å²) in [4.78, 5) is 25.7. The Morgan fingerprint density at radius 3 is 2.83 bits per heavy atom. The van der Waals surface area contributed by atoms with Gasteiger partial charge in [0.1, 0.15) is 0 Å². The molecule has 6 heteroatoms. The summed E-state index contributed by atoms with van der Waals surface area (Å²) in [6.07, 6.45) is 7.93. The van der Waals surface area contributed by atoms with Crippen LogP contribution in [0.2, 0.25) is 0 Å². The summed E-state index contributed by atoms with van der Waals surface area (Å²) in [6.45, 7) is 6.87. The number of hydrogen-bond acceptors (Lipinski definition) is 5. The largest absolute Gasteiger partial charge is 0.354 e. The van der Waals surface area contributed by atoms with E-state index in [0.717, 1.165) is 45.0 Å². The number of hydrogen-bond donors (Lipinski definition) is 1. The van der Waals surface area contributed by atoms with E-state index in [1.807, 2.05) is 6.07 Å². The maximum atomic E-state index is 12.5. The smallest absolute Gasteiger partial charge is 0.225 e. The molecule has 1 aromatic rings. The van der Waals surface area contributed by atoms with Crippen LogP contribution >= 0.6 is 0 Å². The van der Waals surface area contributed by atoms with Crippen molar-refractivity contribution in [3.05, 3.63) is 18.5 Å². The lowest BCUT2D eigenvalue weighted by atomic mass is 9.97. The number of nitrogens with zero attached hydrogens (tertiary/aromatic N) is 4. The first kappa shape index (κ1) is 16.2. The maximum Gasteiger partial charge on any atom is 0.225 e. The third kappa shape index (κ3) is 3.99. The van der Waals surface area contributed by atoms with E-state index in [-0.39, 0.29) is 11.8 Å². The second kappa shape index (κ2) is 7.73. The molecule has 2 aliphatic rings. The predicted molar refractivity (Wildman–Crippen MR) is 90.2 cm³/mol. The number of amides is 1. The summed E-state index contributed by atoms with van der Waals surface area (Å²) in [6, 6.07) is 2.33. The van der Waals surface area contributed by atoms with Gasteiger partial charge >= 0.3 is 0 Å². The number of rotatable bonds is 5. The highest BCUT2D eigenvalue weighted by atomic mass is 16.1. The van der Waals surface area contributed by atoms with Crippen molar-refractivity contribution in [1.82, 2.24) is 20.2 Å². The Morgan fingerprint density at radius 1 is 1.26 bits per heavy atom. The number of carbonyl (C=O) groups is 1. The number of likely N-dealkylation sites (tertiary alicyclic amines) is 1. The van der Waals surface area contributed by atoms with Gasteiger partial charge < -0.3 is 10.2 Å². The Morgan fingerprint density at radius 2 is 2.04 bits per heavy atom. The average molecular weight is 317 g/mol. The quantitative estimate of drug-likeness (QED) is 0.887. The predicted octanol–water partition coefficient (Wildman–Crippen LogP) is 1.29. The molecule has 0 unspecified atom stereocenters. The van der Waals surface area contributed by atoms with Gasteiger partial charge in [0.2, 0.25) is 11.9 Å². The molecule has 2 aliphatic heterocycles. The molecule has 1 amide bonds. The van der Waals surface area contributed by atoms with Gasteiger partial charge in [-0.15, -0.1) is 0 Å². The Kier molecular flexibility index (Phi) is 5.43. The Balaban J connectivity index is 1.51. The first-order valence-corrected chi connectivity index (χ1v) is 8.81. The lowest BCUT2D eigenvalue weighted by Gasteiger charge is -2.32. The lowest BCUT2D eigenvalue weighted by Crippen LogP contribution is -2.46. The van der Waals surface area contributed by atoms with Crippen LogP contribution in [0.25, 0.3) is 0 Å². The van der Waals surface area contributed by atoms with Gasteiger partial charge in [-0.25, -0.2) is 9.97 Å². The standard InChI is InChI=1S/C17H27N5O/c1-2-21-10-4-7-15(21)12-20-16(23)14-6-3-11-22(13-14)17-18-8-5-9-19-17/h5,8-9,14-15H,2-4,6-7,10-13H2,1H3,(H,20,23)/t14-,15+/m0/s1. The normalized spacial score (nSPS) is 25.5. The van der Waals surface area contributed by atoms with E-state index in [2.05, 4.69) is 32.0 Å². The zero-order valence-corrected chi connectivity index (χ0v) is 13.9. The molecular weight excluding hydrogens is 290 g/mol. The molecule has 0 saturated carbocycles. The monoisotopic (exact) mass is 317 g/mol. The molecule has 2 saturated heterocycles. The fraction of sp³-hybridized carbons (Fsp3) is 0.706. The molecule has 2 atom stereocenters. The SMILES string of the molecule is CCN1CCC[C@@H]1CNC(=O)[C@H]1CCCN(c2ncccn2)C1. The van der Waals surface area contributed by atoms with Gasteiger partial charge in [0.25, 0.3) is 0 Å². The molecule has 23 heavy (non-hydrogen) atoms. The lowest BCUT2D eigenvalue weighted by molar-refractivity contribution is -0.125. The summed E-state index contributed by atoms with van der Waals surface area (Å²) in [5.74, 6) is 0.968. The Labute approximate surface area is 138 Å². The van der Waals surface area contributed by atoms with Crippen molar-refractivity contribution in [3.8, 4) is 0 Å². The minimum atomic E-state index is 0.0454. The van der Waals surface area contributed by atoms with Gasteiger partial charge in [-0.05, 0) is 44.8 Å². The van der Waals surface area contributed by atoms with Crippen LogP contribution < -0.4 is 10.2 Å². The third-order valence-electron chi connectivity index (χ3n) is 5.04. The molecule has 1 aromatic heterocycles. The van der Waals surface area contributed by atoms with Crippen molar-refractivity contribution >= 4 is 11.9 Å². The van der Waals surface area contributed by atoms with Crippen molar-refractivity contribution in [3.63, 3.8) is 0 Å². The number of aromatic nitrogens is 2. The zero-order valence-electron chi connectivity index (χ0n) is 13.9.